The number of thiophene rings is 1. The number of hydrogen-bond acceptors (Lipinski definition) is 3. The van der Waals surface area contributed by atoms with Gasteiger partial charge in [-0.05, 0) is 55.3 Å². The molecule has 1 heterocycles. The van der Waals surface area contributed by atoms with Crippen LogP contribution >= 0.6 is 11.3 Å². The minimum Gasteiger partial charge on any atom is -0.488 e. The van der Waals surface area contributed by atoms with Gasteiger partial charge in [0.2, 0.25) is 0 Å². The molecule has 0 saturated heterocycles. The molecule has 0 aliphatic carbocycles. The van der Waals surface area contributed by atoms with Crippen LogP contribution in [0.2, 0.25) is 0 Å². The van der Waals surface area contributed by atoms with Crippen LogP contribution in [0.15, 0.2) is 53.9 Å². The van der Waals surface area contributed by atoms with Crippen molar-refractivity contribution in [3.8, 4) is 5.75 Å². The summed E-state index contributed by atoms with van der Waals surface area (Å²) in [6.07, 6.45) is 0.833. The monoisotopic (exact) mass is 379 g/mol. The molecule has 0 atom stereocenters. The molecular formula is C23H25NO2S. The van der Waals surface area contributed by atoms with Crippen molar-refractivity contribution in [2.75, 3.05) is 6.54 Å². The number of benzene rings is 2. The number of carbonyl (C=O) groups is 1. The lowest BCUT2D eigenvalue weighted by Crippen LogP contribution is -2.24. The Hall–Kier alpha value is -2.59. The van der Waals surface area contributed by atoms with Crippen LogP contribution in [0.5, 0.6) is 5.75 Å². The van der Waals surface area contributed by atoms with E-state index in [1.54, 1.807) is 0 Å². The summed E-state index contributed by atoms with van der Waals surface area (Å²) >= 11 is 1.46. The fraction of sp³-hybridized carbons (Fsp3) is 0.261. The first-order valence-electron chi connectivity index (χ1n) is 9.13. The molecule has 0 spiro atoms. The molecule has 3 nitrogen and oxygen atoms in total. The number of rotatable bonds is 7. The maximum absolute atomic E-state index is 12.3. The summed E-state index contributed by atoms with van der Waals surface area (Å²) in [6, 6.07) is 16.3. The van der Waals surface area contributed by atoms with Gasteiger partial charge in [-0.2, -0.15) is 0 Å². The van der Waals surface area contributed by atoms with E-state index in [2.05, 4.69) is 50.4 Å². The van der Waals surface area contributed by atoms with Gasteiger partial charge in [0.1, 0.15) is 12.4 Å². The van der Waals surface area contributed by atoms with Gasteiger partial charge in [0, 0.05) is 12.1 Å². The average molecular weight is 380 g/mol. The first-order valence-corrected chi connectivity index (χ1v) is 10.0. The van der Waals surface area contributed by atoms with Crippen LogP contribution in [-0.4, -0.2) is 12.5 Å². The Morgan fingerprint density at radius 1 is 1.00 bits per heavy atom. The first kappa shape index (κ1) is 19.2. The van der Waals surface area contributed by atoms with Gasteiger partial charge in [-0.3, -0.25) is 4.79 Å². The second-order valence-corrected chi connectivity index (χ2v) is 7.74. The van der Waals surface area contributed by atoms with Crippen molar-refractivity contribution >= 4 is 17.2 Å². The summed E-state index contributed by atoms with van der Waals surface area (Å²) in [4.78, 5) is 13.0. The number of aryl methyl sites for hydroxylation is 3. The molecule has 0 aliphatic rings. The van der Waals surface area contributed by atoms with Crippen LogP contribution in [0.25, 0.3) is 0 Å². The smallest absolute Gasteiger partial charge is 0.261 e. The topological polar surface area (TPSA) is 38.3 Å². The lowest BCUT2D eigenvalue weighted by atomic mass is 10.1. The van der Waals surface area contributed by atoms with Crippen LogP contribution < -0.4 is 10.1 Å². The molecule has 0 radical (unpaired) electrons. The van der Waals surface area contributed by atoms with Gasteiger partial charge in [-0.25, -0.2) is 0 Å². The Balaban J connectivity index is 1.53. The highest BCUT2D eigenvalue weighted by atomic mass is 32.1. The Kier molecular flexibility index (Phi) is 6.30. The Bertz CT molecular complexity index is 892. The van der Waals surface area contributed by atoms with Crippen LogP contribution in [0.4, 0.5) is 0 Å². The van der Waals surface area contributed by atoms with Crippen molar-refractivity contribution in [1.82, 2.24) is 5.32 Å². The zero-order valence-corrected chi connectivity index (χ0v) is 16.9. The minimum absolute atomic E-state index is 0.0233. The van der Waals surface area contributed by atoms with Crippen LogP contribution in [0.3, 0.4) is 0 Å². The van der Waals surface area contributed by atoms with Crippen molar-refractivity contribution in [2.45, 2.75) is 33.8 Å². The largest absolute Gasteiger partial charge is 0.488 e. The molecule has 3 rings (SSSR count). The lowest BCUT2D eigenvalue weighted by Gasteiger charge is -2.12. The number of amides is 1. The van der Waals surface area contributed by atoms with E-state index >= 15 is 0 Å². The summed E-state index contributed by atoms with van der Waals surface area (Å²) in [7, 11) is 0. The highest BCUT2D eigenvalue weighted by Crippen LogP contribution is 2.26. The number of carbonyl (C=O) groups excluding carboxylic acids is 1. The third-order valence-electron chi connectivity index (χ3n) is 4.41. The molecule has 1 N–H and O–H groups in total. The van der Waals surface area contributed by atoms with Gasteiger partial charge in [-0.1, -0.05) is 48.0 Å². The van der Waals surface area contributed by atoms with Gasteiger partial charge < -0.3 is 10.1 Å². The zero-order chi connectivity index (χ0) is 19.2. The summed E-state index contributed by atoms with van der Waals surface area (Å²) in [5.41, 5.74) is 5.76. The number of ether oxygens (including phenoxy) is 1. The van der Waals surface area contributed by atoms with Crippen molar-refractivity contribution in [1.29, 1.82) is 0 Å². The van der Waals surface area contributed by atoms with Gasteiger partial charge in [0.25, 0.3) is 5.91 Å². The Morgan fingerprint density at radius 2 is 1.70 bits per heavy atom. The Morgan fingerprint density at radius 3 is 2.41 bits per heavy atom. The lowest BCUT2D eigenvalue weighted by molar-refractivity contribution is 0.0958. The fourth-order valence-corrected chi connectivity index (χ4v) is 3.99. The van der Waals surface area contributed by atoms with E-state index in [0.717, 1.165) is 33.7 Å². The number of hydrogen-bond donors (Lipinski definition) is 1. The van der Waals surface area contributed by atoms with Gasteiger partial charge in [0.15, 0.2) is 0 Å². The molecule has 0 saturated carbocycles. The minimum atomic E-state index is -0.0233. The molecule has 0 fully saturated rings. The van der Waals surface area contributed by atoms with Crippen molar-refractivity contribution in [3.05, 3.63) is 86.6 Å². The molecule has 2 aromatic carbocycles. The van der Waals surface area contributed by atoms with E-state index in [4.69, 9.17) is 4.74 Å². The van der Waals surface area contributed by atoms with E-state index in [1.807, 2.05) is 29.6 Å². The summed E-state index contributed by atoms with van der Waals surface area (Å²) < 4.78 is 6.02. The summed E-state index contributed by atoms with van der Waals surface area (Å²) in [5, 5.41) is 4.98. The molecule has 0 unspecified atom stereocenters. The molecular weight excluding hydrogens is 354 g/mol. The highest BCUT2D eigenvalue weighted by molar-refractivity contribution is 7.12. The van der Waals surface area contributed by atoms with E-state index in [-0.39, 0.29) is 5.91 Å². The summed E-state index contributed by atoms with van der Waals surface area (Å²) in [5.74, 6) is 0.908. The van der Waals surface area contributed by atoms with Crippen LogP contribution in [-0.2, 0) is 13.0 Å². The summed E-state index contributed by atoms with van der Waals surface area (Å²) in [6.45, 7) is 7.32. The third kappa shape index (κ3) is 5.20. The molecule has 140 valence electrons. The van der Waals surface area contributed by atoms with Crippen molar-refractivity contribution in [3.63, 3.8) is 0 Å². The van der Waals surface area contributed by atoms with Crippen LogP contribution in [0.1, 0.15) is 37.5 Å². The SMILES string of the molecule is Cc1cc(C)c(OCc2csc(C(=O)NCCc3ccccc3)c2)c(C)c1. The maximum atomic E-state index is 12.3. The molecule has 4 heteroatoms. The second kappa shape index (κ2) is 8.87. The van der Waals surface area contributed by atoms with Gasteiger partial charge in [-0.15, -0.1) is 11.3 Å². The van der Waals surface area contributed by atoms with Crippen molar-refractivity contribution in [2.24, 2.45) is 0 Å². The first-order chi connectivity index (χ1) is 13.0. The maximum Gasteiger partial charge on any atom is 0.261 e. The second-order valence-electron chi connectivity index (χ2n) is 6.83. The predicted octanol–water partition coefficient (Wildman–Crippen LogP) is 5.22. The molecule has 27 heavy (non-hydrogen) atoms. The number of nitrogens with one attached hydrogen (secondary N) is 1. The quantitative estimate of drug-likeness (QED) is 0.611. The third-order valence-corrected chi connectivity index (χ3v) is 5.39. The van der Waals surface area contributed by atoms with E-state index in [9.17, 15) is 4.79 Å². The van der Waals surface area contributed by atoms with Crippen molar-refractivity contribution < 1.29 is 9.53 Å². The normalized spacial score (nSPS) is 10.6. The van der Waals surface area contributed by atoms with Gasteiger partial charge >= 0.3 is 0 Å². The van der Waals surface area contributed by atoms with E-state index in [0.29, 0.717) is 13.2 Å². The van der Waals surface area contributed by atoms with E-state index < -0.39 is 0 Å². The standard InChI is InChI=1S/C23H25NO2S/c1-16-11-17(2)22(18(3)12-16)26-14-20-13-21(27-15-20)23(25)24-10-9-19-7-5-4-6-8-19/h4-8,11-13,15H,9-10,14H2,1-3H3,(H,24,25). The van der Waals surface area contributed by atoms with Crippen LogP contribution in [0, 0.1) is 20.8 Å². The average Bonchev–Trinajstić information content (AvgIpc) is 3.11. The highest BCUT2D eigenvalue weighted by Gasteiger charge is 2.10. The Labute approximate surface area is 165 Å². The zero-order valence-electron chi connectivity index (χ0n) is 16.0. The molecule has 1 aromatic heterocycles. The molecule has 0 bridgehead atoms. The molecule has 1 amide bonds. The van der Waals surface area contributed by atoms with E-state index in [1.165, 1.54) is 22.5 Å². The molecule has 3 aromatic rings. The fourth-order valence-electron chi connectivity index (χ4n) is 3.17. The van der Waals surface area contributed by atoms with Gasteiger partial charge in [0.05, 0.1) is 4.88 Å². The predicted molar refractivity (Wildman–Crippen MR) is 112 cm³/mol. The molecule has 0 aliphatic heterocycles.